The number of aliphatic carboxylic acids is 8. The number of unbranched alkanes of at least 4 members (excludes halogenated alkanes) is 5. The molecule has 30 heteroatoms. The quantitative estimate of drug-likeness (QED) is 0.0287. The molecule has 0 fully saturated rings. The Morgan fingerprint density at radius 1 is 0.487 bits per heavy atom. The van der Waals surface area contributed by atoms with E-state index in [-0.39, 0.29) is 83.9 Å². The van der Waals surface area contributed by atoms with E-state index < -0.39 is 110 Å². The molecule has 0 bridgehead atoms. The van der Waals surface area contributed by atoms with E-state index in [9.17, 15) is 83.4 Å². The smallest absolute Gasteiger partial charge is 0.326 e. The van der Waals surface area contributed by atoms with Crippen molar-refractivity contribution in [2.24, 2.45) is 0 Å². The molecule has 0 aliphatic rings. The molecular weight excluding hydrogens is 1050 g/mol. The van der Waals surface area contributed by atoms with E-state index >= 15 is 0 Å². The van der Waals surface area contributed by atoms with Crippen LogP contribution in [0, 0.1) is 0 Å². The lowest BCUT2D eigenvalue weighted by molar-refractivity contribution is -0.142. The van der Waals surface area contributed by atoms with E-state index in [1.807, 2.05) is 0 Å². The molecule has 0 aromatic heterocycles. The number of carboxylic acids is 8. The van der Waals surface area contributed by atoms with Gasteiger partial charge in [-0.15, -0.1) is 0 Å². The van der Waals surface area contributed by atoms with Gasteiger partial charge in [0, 0.05) is 76.8 Å². The van der Waals surface area contributed by atoms with Gasteiger partial charge in [-0.3, -0.25) is 43.4 Å². The van der Waals surface area contributed by atoms with E-state index in [2.05, 4.69) is 42.5 Å². The maximum Gasteiger partial charge on any atom is 0.326 e. The molecule has 0 saturated carbocycles. The Morgan fingerprint density at radius 3 is 1.54 bits per heavy atom. The normalized spacial score (nSPS) is 12.5. The summed E-state index contributed by atoms with van der Waals surface area (Å²) in [5.41, 5.74) is 1.41. The summed E-state index contributed by atoms with van der Waals surface area (Å²) in [4.78, 5) is 131. The molecule has 4 atom stereocenters. The summed E-state index contributed by atoms with van der Waals surface area (Å²) in [7, 11) is 0. The molecular formula is C48H76N10O19S. The van der Waals surface area contributed by atoms with E-state index in [1.165, 1.54) is 4.90 Å². The lowest BCUT2D eigenvalue weighted by Crippen LogP contribution is -2.51. The topological polar surface area (TPSA) is 452 Å². The van der Waals surface area contributed by atoms with Crippen molar-refractivity contribution in [1.82, 2.24) is 47.0 Å². The summed E-state index contributed by atoms with van der Waals surface area (Å²) >= 11 is 5.41. The lowest BCUT2D eigenvalue weighted by atomic mass is 10.0. The van der Waals surface area contributed by atoms with E-state index in [0.29, 0.717) is 75.1 Å². The highest BCUT2D eigenvalue weighted by Gasteiger charge is 2.26. The molecule has 29 nitrogen and oxygen atoms in total. The molecule has 438 valence electrons. The average Bonchev–Trinajstić information content (AvgIpc) is 3.34. The van der Waals surface area contributed by atoms with Gasteiger partial charge in [0.25, 0.3) is 0 Å². The van der Waals surface area contributed by atoms with Crippen LogP contribution in [-0.4, -0.2) is 218 Å². The molecule has 16 N–H and O–H groups in total. The van der Waals surface area contributed by atoms with Crippen LogP contribution < -0.4 is 42.5 Å². The zero-order valence-electron chi connectivity index (χ0n) is 43.4. The lowest BCUT2D eigenvalue weighted by Gasteiger charge is -2.29. The largest absolute Gasteiger partial charge is 0.481 e. The number of carbonyl (C=O) groups excluding carboxylic acids is 3. The fourth-order valence-corrected chi connectivity index (χ4v) is 7.81. The number of hydrogen-bond donors (Lipinski definition) is 16. The van der Waals surface area contributed by atoms with Crippen LogP contribution in [0.2, 0.25) is 0 Å². The van der Waals surface area contributed by atoms with Gasteiger partial charge in [0.1, 0.15) is 18.1 Å². The minimum atomic E-state index is -1.53. The van der Waals surface area contributed by atoms with Gasteiger partial charge in [-0.2, -0.15) is 0 Å². The maximum absolute atomic E-state index is 12.5. The summed E-state index contributed by atoms with van der Waals surface area (Å²) < 4.78 is 0. The zero-order chi connectivity index (χ0) is 58.4. The van der Waals surface area contributed by atoms with Crippen molar-refractivity contribution in [1.29, 1.82) is 0 Å². The van der Waals surface area contributed by atoms with E-state index in [4.69, 9.17) is 22.4 Å². The first-order valence-corrected chi connectivity index (χ1v) is 25.8. The Balaban J connectivity index is 2.44. The highest BCUT2D eigenvalue weighted by Crippen LogP contribution is 2.13. The Bertz CT molecular complexity index is 2120. The number of thiocarbonyl (C=S) groups is 1. The second-order valence-electron chi connectivity index (χ2n) is 18.2. The minimum absolute atomic E-state index is 0.0159. The van der Waals surface area contributed by atoms with Gasteiger partial charge in [-0.25, -0.2) is 19.2 Å². The molecule has 0 radical (unpaired) electrons. The molecule has 1 rings (SSSR count). The van der Waals surface area contributed by atoms with E-state index in [0.717, 1.165) is 5.56 Å². The van der Waals surface area contributed by atoms with Crippen LogP contribution >= 0.6 is 12.2 Å². The molecule has 1 aromatic carbocycles. The van der Waals surface area contributed by atoms with Crippen molar-refractivity contribution in [3.63, 3.8) is 0 Å². The number of nitrogens with zero attached hydrogens (tertiary/aromatic N) is 2. The minimum Gasteiger partial charge on any atom is -0.481 e. The number of amides is 4. The molecule has 1 aromatic rings. The molecule has 4 amide bonds. The number of anilines is 1. The Labute approximate surface area is 455 Å². The second-order valence-corrected chi connectivity index (χ2v) is 18.6. The first kappa shape index (κ1) is 68.7. The summed E-state index contributed by atoms with van der Waals surface area (Å²) in [6.45, 7) is -0.111. The summed E-state index contributed by atoms with van der Waals surface area (Å²) in [5, 5.41) is 95.7. The number of hydrogen-bond acceptors (Lipinski definition) is 16. The predicted molar refractivity (Wildman–Crippen MR) is 282 cm³/mol. The molecule has 0 heterocycles. The highest BCUT2D eigenvalue weighted by molar-refractivity contribution is 7.80. The molecule has 0 aliphatic heterocycles. The van der Waals surface area contributed by atoms with Gasteiger partial charge in [-0.05, 0) is 94.1 Å². The number of carboxylic acid groups (broad SMARTS) is 8. The summed E-state index contributed by atoms with van der Waals surface area (Å²) in [6, 6.07) is 1.50. The number of carbonyl (C=O) groups is 11. The van der Waals surface area contributed by atoms with Gasteiger partial charge < -0.3 is 83.4 Å². The molecule has 0 spiro atoms. The van der Waals surface area contributed by atoms with E-state index in [1.54, 1.807) is 29.2 Å². The number of benzene rings is 1. The Morgan fingerprint density at radius 2 is 1.00 bits per heavy atom. The zero-order valence-corrected chi connectivity index (χ0v) is 44.2. The fraction of sp³-hybridized carbons (Fsp3) is 0.625. The molecule has 78 heavy (non-hydrogen) atoms. The van der Waals surface area contributed by atoms with Crippen LogP contribution in [0.3, 0.4) is 0 Å². The third-order valence-corrected chi connectivity index (χ3v) is 11.8. The van der Waals surface area contributed by atoms with Crippen LogP contribution in [0.5, 0.6) is 0 Å². The third-order valence-electron chi connectivity index (χ3n) is 11.5. The van der Waals surface area contributed by atoms with Crippen molar-refractivity contribution in [2.75, 3.05) is 77.3 Å². The van der Waals surface area contributed by atoms with Crippen molar-refractivity contribution >= 4 is 88.6 Å². The second kappa shape index (κ2) is 40.0. The Kier molecular flexibility index (Phi) is 35.3. The van der Waals surface area contributed by atoms with Crippen molar-refractivity contribution in [3.8, 4) is 0 Å². The molecule has 0 aliphatic carbocycles. The van der Waals surface area contributed by atoms with Gasteiger partial charge >= 0.3 is 53.8 Å². The SMILES string of the molecule is O=C(O)CCC(NC(=O)NC(CCCCNC(=O)CCCCCCC(=O)NC(CCCCNC(=S)Nc1ccc(CC(CN(CCN(CCNCC(=O)O)CC(=O)O)CC(=O)O)NCC(=O)O)cc1)C(=O)O)C(=O)O)C(=O)O. The molecule has 0 saturated heterocycles. The number of nitrogens with one attached hydrogen (secondary N) is 8. The summed E-state index contributed by atoms with van der Waals surface area (Å²) in [6.07, 6.45) is 3.79. The predicted octanol–water partition coefficient (Wildman–Crippen LogP) is -0.557. The number of rotatable bonds is 46. The van der Waals surface area contributed by atoms with Crippen LogP contribution in [0.1, 0.15) is 95.5 Å². The van der Waals surface area contributed by atoms with Crippen molar-refractivity contribution < 1.29 is 93.6 Å². The fourth-order valence-electron chi connectivity index (χ4n) is 7.59. The first-order chi connectivity index (χ1) is 36.9. The van der Waals surface area contributed by atoms with Gasteiger partial charge in [0.15, 0.2) is 5.11 Å². The van der Waals surface area contributed by atoms with Crippen molar-refractivity contribution in [3.05, 3.63) is 29.8 Å². The van der Waals surface area contributed by atoms with Crippen LogP contribution in [-0.2, 0) is 54.4 Å². The molecule has 4 unspecified atom stereocenters. The third kappa shape index (κ3) is 35.9. The van der Waals surface area contributed by atoms with Crippen LogP contribution in [0.4, 0.5) is 10.5 Å². The standard InChI is InChI=1S/C48H76N10O19S/c59-37(50-19-7-5-10-35(45(73)74)55-47(77)56-36(46(75)76)17-18-39(61)62)11-3-1-2-4-12-38(60)54-34(44(71)72)9-6-8-20-51-48(78)53-32-15-13-31(14-16-32)25-33(52-27-41(65)66)28-58(30-43(69)70)24-23-57(29-42(67)68)22-21-49-26-40(63)64/h13-16,33-36,49,52H,1-12,17-30H2,(H,50,59)(H,54,60)(H,61,62)(H,63,64)(H,65,66)(H,67,68)(H,69,70)(H,71,72)(H,73,74)(H,75,76)(H2,51,53,78)(H2,55,56,77). The monoisotopic (exact) mass is 1130 g/mol. The van der Waals surface area contributed by atoms with Crippen LogP contribution in [0.25, 0.3) is 0 Å². The van der Waals surface area contributed by atoms with Gasteiger partial charge in [0.05, 0.1) is 26.2 Å². The summed E-state index contributed by atoms with van der Waals surface area (Å²) in [5.74, 6) is -10.4. The highest BCUT2D eigenvalue weighted by atomic mass is 32.1. The van der Waals surface area contributed by atoms with Crippen molar-refractivity contribution in [2.45, 2.75) is 120 Å². The van der Waals surface area contributed by atoms with Gasteiger partial charge in [0.2, 0.25) is 11.8 Å². The van der Waals surface area contributed by atoms with Crippen LogP contribution in [0.15, 0.2) is 24.3 Å². The number of urea groups is 1. The average molecular weight is 1130 g/mol. The maximum atomic E-state index is 12.5. The Hall–Kier alpha value is -7.28. The van der Waals surface area contributed by atoms with Gasteiger partial charge in [-0.1, -0.05) is 25.0 Å². The first-order valence-electron chi connectivity index (χ1n) is 25.4.